The Hall–Kier alpha value is -2.93. The molecule has 6 nitrogen and oxygen atoms in total. The number of carbonyl (C=O) groups is 2. The SMILES string of the molecule is C[C@H](CCc1ccccc1)NC(=O)[C@H](C1CCCC1)N1CCN(C(=O)Nc2ccc(F)cc2)CC1. The highest BCUT2D eigenvalue weighted by Gasteiger charge is 2.37. The lowest BCUT2D eigenvalue weighted by Gasteiger charge is -2.41. The van der Waals surface area contributed by atoms with Crippen LogP contribution in [0.5, 0.6) is 0 Å². The lowest BCUT2D eigenvalue weighted by Crippen LogP contribution is -2.59. The zero-order chi connectivity index (χ0) is 24.6. The van der Waals surface area contributed by atoms with Crippen molar-refractivity contribution in [1.82, 2.24) is 15.1 Å². The number of nitrogens with zero attached hydrogens (tertiary/aromatic N) is 2. The van der Waals surface area contributed by atoms with Crippen LogP contribution in [-0.2, 0) is 11.2 Å². The van der Waals surface area contributed by atoms with Crippen molar-refractivity contribution in [2.24, 2.45) is 5.92 Å². The predicted molar refractivity (Wildman–Crippen MR) is 137 cm³/mol. The van der Waals surface area contributed by atoms with Crippen molar-refractivity contribution in [3.05, 3.63) is 66.0 Å². The number of rotatable bonds is 8. The van der Waals surface area contributed by atoms with Gasteiger partial charge in [-0.15, -0.1) is 0 Å². The van der Waals surface area contributed by atoms with Gasteiger partial charge in [0.05, 0.1) is 6.04 Å². The third-order valence-electron chi connectivity index (χ3n) is 7.30. The van der Waals surface area contributed by atoms with E-state index in [1.807, 2.05) is 18.2 Å². The molecular weight excluding hydrogens is 443 g/mol. The van der Waals surface area contributed by atoms with Crippen molar-refractivity contribution in [1.29, 1.82) is 0 Å². The van der Waals surface area contributed by atoms with Gasteiger partial charge in [-0.25, -0.2) is 9.18 Å². The molecule has 35 heavy (non-hydrogen) atoms. The Morgan fingerprint density at radius 1 is 0.971 bits per heavy atom. The van der Waals surface area contributed by atoms with Gasteiger partial charge in [0.1, 0.15) is 5.82 Å². The smallest absolute Gasteiger partial charge is 0.321 e. The number of benzene rings is 2. The summed E-state index contributed by atoms with van der Waals surface area (Å²) >= 11 is 0. The first-order valence-corrected chi connectivity index (χ1v) is 12.9. The lowest BCUT2D eigenvalue weighted by molar-refractivity contribution is -0.129. The second-order valence-corrected chi connectivity index (χ2v) is 9.88. The minimum atomic E-state index is -0.331. The van der Waals surface area contributed by atoms with Gasteiger partial charge in [-0.1, -0.05) is 43.2 Å². The third kappa shape index (κ3) is 7.04. The van der Waals surface area contributed by atoms with E-state index in [-0.39, 0.29) is 29.8 Å². The maximum Gasteiger partial charge on any atom is 0.321 e. The van der Waals surface area contributed by atoms with Crippen molar-refractivity contribution < 1.29 is 14.0 Å². The van der Waals surface area contributed by atoms with Crippen molar-refractivity contribution in [2.45, 2.75) is 57.5 Å². The van der Waals surface area contributed by atoms with E-state index in [4.69, 9.17) is 0 Å². The molecule has 3 amide bonds. The van der Waals surface area contributed by atoms with E-state index < -0.39 is 0 Å². The quantitative estimate of drug-likeness (QED) is 0.577. The Kier molecular flexibility index (Phi) is 8.74. The predicted octanol–water partition coefficient (Wildman–Crippen LogP) is 4.67. The van der Waals surface area contributed by atoms with Crippen LogP contribution in [0.2, 0.25) is 0 Å². The summed E-state index contributed by atoms with van der Waals surface area (Å²) in [6.45, 7) is 4.55. The van der Waals surface area contributed by atoms with E-state index in [0.29, 0.717) is 37.8 Å². The first-order valence-electron chi connectivity index (χ1n) is 12.9. The molecule has 2 aromatic carbocycles. The molecule has 0 unspecified atom stereocenters. The number of anilines is 1. The molecule has 1 saturated heterocycles. The van der Waals surface area contributed by atoms with E-state index in [0.717, 1.165) is 25.7 Å². The van der Waals surface area contributed by atoms with Gasteiger partial charge in [-0.05, 0) is 68.4 Å². The lowest BCUT2D eigenvalue weighted by atomic mass is 9.94. The standard InChI is InChI=1S/C28H37FN4O2/c1-21(11-12-22-7-3-2-4-8-22)30-27(34)26(23-9-5-6-10-23)32-17-19-33(20-18-32)28(35)31-25-15-13-24(29)14-16-25/h2-4,7-8,13-16,21,23,26H,5-6,9-12,17-20H2,1H3,(H,30,34)(H,31,35)/t21-,26+/m1/s1. The molecule has 1 saturated carbocycles. The van der Waals surface area contributed by atoms with Crippen LogP contribution in [0.4, 0.5) is 14.9 Å². The molecule has 1 aliphatic carbocycles. The number of urea groups is 1. The van der Waals surface area contributed by atoms with Crippen LogP contribution in [0.3, 0.4) is 0 Å². The topological polar surface area (TPSA) is 64.7 Å². The normalized spacial score (nSPS) is 18.7. The van der Waals surface area contributed by atoms with Crippen LogP contribution in [0, 0.1) is 11.7 Å². The minimum Gasteiger partial charge on any atom is -0.352 e. The number of amides is 3. The molecule has 2 fully saturated rings. The van der Waals surface area contributed by atoms with Gasteiger partial charge in [0, 0.05) is 37.9 Å². The zero-order valence-electron chi connectivity index (χ0n) is 20.6. The highest BCUT2D eigenvalue weighted by Crippen LogP contribution is 2.31. The number of halogens is 1. The van der Waals surface area contributed by atoms with Crippen molar-refractivity contribution in [2.75, 3.05) is 31.5 Å². The summed E-state index contributed by atoms with van der Waals surface area (Å²) in [6, 6.07) is 15.9. The van der Waals surface area contributed by atoms with Crippen molar-refractivity contribution in [3.8, 4) is 0 Å². The van der Waals surface area contributed by atoms with Crippen LogP contribution in [0.1, 0.15) is 44.6 Å². The molecule has 0 aromatic heterocycles. The molecule has 2 atom stereocenters. The summed E-state index contributed by atoms with van der Waals surface area (Å²) < 4.78 is 13.1. The van der Waals surface area contributed by atoms with Gasteiger partial charge in [0.15, 0.2) is 0 Å². The highest BCUT2D eigenvalue weighted by atomic mass is 19.1. The molecule has 2 aromatic rings. The van der Waals surface area contributed by atoms with Crippen LogP contribution < -0.4 is 10.6 Å². The van der Waals surface area contributed by atoms with Crippen LogP contribution >= 0.6 is 0 Å². The Balaban J connectivity index is 1.31. The average molecular weight is 481 g/mol. The van der Waals surface area contributed by atoms with Crippen LogP contribution in [-0.4, -0.2) is 60.0 Å². The second kappa shape index (κ2) is 12.2. The maximum atomic E-state index is 13.5. The van der Waals surface area contributed by atoms with Gasteiger partial charge in [-0.3, -0.25) is 9.69 Å². The first kappa shape index (κ1) is 25.2. The monoisotopic (exact) mass is 480 g/mol. The molecule has 0 bridgehead atoms. The number of carbonyl (C=O) groups excluding carboxylic acids is 2. The summed E-state index contributed by atoms with van der Waals surface area (Å²) in [4.78, 5) is 30.2. The zero-order valence-corrected chi connectivity index (χ0v) is 20.6. The molecule has 1 aliphatic heterocycles. The summed E-state index contributed by atoms with van der Waals surface area (Å²) in [7, 11) is 0. The van der Waals surface area contributed by atoms with E-state index in [9.17, 15) is 14.0 Å². The molecule has 1 heterocycles. The summed E-state index contributed by atoms with van der Waals surface area (Å²) in [6.07, 6.45) is 6.38. The van der Waals surface area contributed by atoms with Crippen LogP contribution in [0.15, 0.2) is 54.6 Å². The molecule has 4 rings (SSSR count). The van der Waals surface area contributed by atoms with Gasteiger partial charge >= 0.3 is 6.03 Å². The molecule has 0 spiro atoms. The minimum absolute atomic E-state index is 0.106. The van der Waals surface area contributed by atoms with Gasteiger partial charge in [-0.2, -0.15) is 0 Å². The molecule has 2 aliphatic rings. The second-order valence-electron chi connectivity index (χ2n) is 9.88. The highest BCUT2D eigenvalue weighted by molar-refractivity contribution is 5.89. The van der Waals surface area contributed by atoms with E-state index in [1.165, 1.54) is 30.5 Å². The average Bonchev–Trinajstić information content (AvgIpc) is 3.39. The molecular formula is C28H37FN4O2. The summed E-state index contributed by atoms with van der Waals surface area (Å²) in [5, 5.41) is 6.13. The molecule has 7 heteroatoms. The Morgan fingerprint density at radius 2 is 1.63 bits per heavy atom. The van der Waals surface area contributed by atoms with Gasteiger partial charge < -0.3 is 15.5 Å². The number of hydrogen-bond donors (Lipinski definition) is 2. The Bertz CT molecular complexity index is 955. The largest absolute Gasteiger partial charge is 0.352 e. The number of aryl methyl sites for hydroxylation is 1. The first-order chi connectivity index (χ1) is 17.0. The van der Waals surface area contributed by atoms with E-state index >= 15 is 0 Å². The molecule has 0 radical (unpaired) electrons. The number of hydrogen-bond acceptors (Lipinski definition) is 3. The van der Waals surface area contributed by atoms with Crippen LogP contribution in [0.25, 0.3) is 0 Å². The number of piperazine rings is 1. The third-order valence-corrected chi connectivity index (χ3v) is 7.30. The number of nitrogens with one attached hydrogen (secondary N) is 2. The fourth-order valence-electron chi connectivity index (χ4n) is 5.32. The summed E-state index contributed by atoms with van der Waals surface area (Å²) in [5.41, 5.74) is 1.86. The van der Waals surface area contributed by atoms with Gasteiger partial charge in [0.2, 0.25) is 5.91 Å². The van der Waals surface area contributed by atoms with E-state index in [1.54, 1.807) is 17.0 Å². The summed E-state index contributed by atoms with van der Waals surface area (Å²) in [5.74, 6) is 0.166. The molecule has 2 N–H and O–H groups in total. The Morgan fingerprint density at radius 3 is 2.29 bits per heavy atom. The Labute approximate surface area is 207 Å². The molecule has 188 valence electrons. The van der Waals surface area contributed by atoms with Crippen molar-refractivity contribution in [3.63, 3.8) is 0 Å². The fraction of sp³-hybridized carbons (Fsp3) is 0.500. The fourth-order valence-corrected chi connectivity index (χ4v) is 5.32. The maximum absolute atomic E-state index is 13.5. The van der Waals surface area contributed by atoms with Gasteiger partial charge in [0.25, 0.3) is 0 Å². The van der Waals surface area contributed by atoms with E-state index in [2.05, 4.69) is 34.6 Å². The van der Waals surface area contributed by atoms with Crippen molar-refractivity contribution >= 4 is 17.6 Å².